The van der Waals surface area contributed by atoms with Crippen LogP contribution in [0, 0.1) is 0 Å². The standard InChI is InChI=1S/C11H21NO/c1-5-6-7-12-8-9(2)13-11(4)10(12)3/h5,9-11H,1,6-8H2,2-4H3. The van der Waals surface area contributed by atoms with Crippen molar-refractivity contribution in [1.29, 1.82) is 0 Å². The predicted molar refractivity (Wildman–Crippen MR) is 55.9 cm³/mol. The van der Waals surface area contributed by atoms with Crippen molar-refractivity contribution < 1.29 is 4.74 Å². The van der Waals surface area contributed by atoms with Gasteiger partial charge in [0.05, 0.1) is 12.2 Å². The van der Waals surface area contributed by atoms with Crippen molar-refractivity contribution in [3.8, 4) is 0 Å². The van der Waals surface area contributed by atoms with Gasteiger partial charge in [0.1, 0.15) is 0 Å². The molecule has 0 amide bonds. The zero-order chi connectivity index (χ0) is 9.84. The first-order chi connectivity index (χ1) is 6.15. The van der Waals surface area contributed by atoms with Crippen molar-refractivity contribution in [3.05, 3.63) is 12.7 Å². The molecule has 0 spiro atoms. The zero-order valence-corrected chi connectivity index (χ0v) is 8.99. The molecule has 3 atom stereocenters. The highest BCUT2D eigenvalue weighted by molar-refractivity contribution is 4.82. The van der Waals surface area contributed by atoms with E-state index in [1.165, 1.54) is 0 Å². The van der Waals surface area contributed by atoms with Crippen LogP contribution in [0.25, 0.3) is 0 Å². The summed E-state index contributed by atoms with van der Waals surface area (Å²) in [5.41, 5.74) is 0. The van der Waals surface area contributed by atoms with E-state index in [1.54, 1.807) is 0 Å². The topological polar surface area (TPSA) is 12.5 Å². The highest BCUT2D eigenvalue weighted by Gasteiger charge is 2.28. The van der Waals surface area contributed by atoms with Gasteiger partial charge in [-0.05, 0) is 27.2 Å². The lowest BCUT2D eigenvalue weighted by Gasteiger charge is -2.41. The van der Waals surface area contributed by atoms with Crippen LogP contribution >= 0.6 is 0 Å². The smallest absolute Gasteiger partial charge is 0.0703 e. The van der Waals surface area contributed by atoms with Crippen molar-refractivity contribution in [3.63, 3.8) is 0 Å². The van der Waals surface area contributed by atoms with E-state index in [1.807, 2.05) is 6.08 Å². The van der Waals surface area contributed by atoms with E-state index < -0.39 is 0 Å². The second-order valence-corrected chi connectivity index (χ2v) is 3.96. The molecule has 2 heteroatoms. The van der Waals surface area contributed by atoms with Crippen LogP contribution in [0.3, 0.4) is 0 Å². The van der Waals surface area contributed by atoms with E-state index in [-0.39, 0.29) is 0 Å². The largest absolute Gasteiger partial charge is 0.373 e. The van der Waals surface area contributed by atoms with Gasteiger partial charge in [-0.15, -0.1) is 6.58 Å². The minimum absolute atomic E-state index is 0.355. The van der Waals surface area contributed by atoms with Crippen molar-refractivity contribution in [2.75, 3.05) is 13.1 Å². The average Bonchev–Trinajstić information content (AvgIpc) is 2.09. The first-order valence-corrected chi connectivity index (χ1v) is 5.15. The van der Waals surface area contributed by atoms with Crippen LogP contribution in [0.4, 0.5) is 0 Å². The fourth-order valence-corrected chi connectivity index (χ4v) is 1.87. The van der Waals surface area contributed by atoms with E-state index >= 15 is 0 Å². The summed E-state index contributed by atoms with van der Waals surface area (Å²) in [4.78, 5) is 2.49. The molecule has 3 unspecified atom stereocenters. The summed E-state index contributed by atoms with van der Waals surface area (Å²) in [7, 11) is 0. The molecule has 0 aromatic heterocycles. The number of hydrogen-bond acceptors (Lipinski definition) is 2. The molecule has 0 aromatic carbocycles. The molecular formula is C11H21NO. The Morgan fingerprint density at radius 1 is 1.46 bits per heavy atom. The summed E-state index contributed by atoms with van der Waals surface area (Å²) in [6.07, 6.45) is 3.78. The molecule has 1 aliphatic heterocycles. The fourth-order valence-electron chi connectivity index (χ4n) is 1.87. The van der Waals surface area contributed by atoms with Crippen molar-refractivity contribution >= 4 is 0 Å². The quantitative estimate of drug-likeness (QED) is 0.621. The van der Waals surface area contributed by atoms with E-state index in [4.69, 9.17) is 4.74 Å². The Bertz CT molecular complexity index is 169. The third kappa shape index (κ3) is 2.82. The minimum atomic E-state index is 0.355. The molecular weight excluding hydrogens is 162 g/mol. The molecule has 0 aliphatic carbocycles. The van der Waals surface area contributed by atoms with E-state index in [2.05, 4.69) is 32.3 Å². The molecule has 1 aliphatic rings. The summed E-state index contributed by atoms with van der Waals surface area (Å²) in [6, 6.07) is 0.538. The predicted octanol–water partition coefficient (Wildman–Crippen LogP) is 2.06. The Morgan fingerprint density at radius 2 is 2.15 bits per heavy atom. The monoisotopic (exact) mass is 183 g/mol. The summed E-state index contributed by atoms with van der Waals surface area (Å²) >= 11 is 0. The molecule has 0 aromatic rings. The maximum absolute atomic E-state index is 5.74. The van der Waals surface area contributed by atoms with Crippen LogP contribution < -0.4 is 0 Å². The van der Waals surface area contributed by atoms with Crippen LogP contribution in [-0.4, -0.2) is 36.2 Å². The molecule has 13 heavy (non-hydrogen) atoms. The van der Waals surface area contributed by atoms with Gasteiger partial charge in [-0.1, -0.05) is 6.08 Å². The first-order valence-electron chi connectivity index (χ1n) is 5.15. The third-order valence-corrected chi connectivity index (χ3v) is 2.81. The zero-order valence-electron chi connectivity index (χ0n) is 8.99. The molecule has 1 rings (SSSR count). The molecule has 0 saturated carbocycles. The SMILES string of the molecule is C=CCCN1CC(C)OC(C)C1C. The second-order valence-electron chi connectivity index (χ2n) is 3.96. The van der Waals surface area contributed by atoms with Gasteiger partial charge in [0, 0.05) is 19.1 Å². The van der Waals surface area contributed by atoms with Gasteiger partial charge in [-0.25, -0.2) is 0 Å². The lowest BCUT2D eigenvalue weighted by atomic mass is 10.1. The highest BCUT2D eigenvalue weighted by Crippen LogP contribution is 2.17. The molecule has 1 fully saturated rings. The number of morpholine rings is 1. The van der Waals surface area contributed by atoms with Gasteiger partial charge >= 0.3 is 0 Å². The van der Waals surface area contributed by atoms with Crippen molar-refractivity contribution in [1.82, 2.24) is 4.90 Å². The van der Waals surface area contributed by atoms with Crippen LogP contribution in [-0.2, 0) is 4.74 Å². The Hall–Kier alpha value is -0.340. The Labute approximate surface area is 81.6 Å². The first kappa shape index (κ1) is 10.7. The number of hydrogen-bond donors (Lipinski definition) is 0. The molecule has 1 heterocycles. The highest BCUT2D eigenvalue weighted by atomic mass is 16.5. The van der Waals surface area contributed by atoms with E-state index in [0.717, 1.165) is 19.5 Å². The molecule has 0 N–H and O–H groups in total. The normalized spacial score (nSPS) is 36.1. The summed E-state index contributed by atoms with van der Waals surface area (Å²) < 4.78 is 5.74. The van der Waals surface area contributed by atoms with E-state index in [9.17, 15) is 0 Å². The Morgan fingerprint density at radius 3 is 2.77 bits per heavy atom. The third-order valence-electron chi connectivity index (χ3n) is 2.81. The van der Waals surface area contributed by atoms with Gasteiger partial charge < -0.3 is 4.74 Å². The minimum Gasteiger partial charge on any atom is -0.373 e. The number of ether oxygens (including phenoxy) is 1. The van der Waals surface area contributed by atoms with Gasteiger partial charge in [0.15, 0.2) is 0 Å². The molecule has 0 radical (unpaired) electrons. The van der Waals surface area contributed by atoms with Gasteiger partial charge in [-0.2, -0.15) is 0 Å². The lowest BCUT2D eigenvalue weighted by Crippen LogP contribution is -2.51. The molecule has 1 saturated heterocycles. The van der Waals surface area contributed by atoms with Gasteiger partial charge in [0.25, 0.3) is 0 Å². The van der Waals surface area contributed by atoms with Crippen LogP contribution in [0.5, 0.6) is 0 Å². The maximum Gasteiger partial charge on any atom is 0.0703 e. The Balaban J connectivity index is 2.45. The number of nitrogens with zero attached hydrogens (tertiary/aromatic N) is 1. The van der Waals surface area contributed by atoms with Crippen molar-refractivity contribution in [2.45, 2.75) is 45.4 Å². The number of rotatable bonds is 3. The molecule has 76 valence electrons. The van der Waals surface area contributed by atoms with Crippen LogP contribution in [0.2, 0.25) is 0 Å². The molecule has 2 nitrogen and oxygen atoms in total. The lowest BCUT2D eigenvalue weighted by molar-refractivity contribution is -0.0983. The summed E-state index contributed by atoms with van der Waals surface area (Å²) in [5, 5.41) is 0. The van der Waals surface area contributed by atoms with Crippen LogP contribution in [0.15, 0.2) is 12.7 Å². The Kier molecular flexibility index (Phi) is 3.94. The summed E-state index contributed by atoms with van der Waals surface area (Å²) in [5.74, 6) is 0. The fraction of sp³-hybridized carbons (Fsp3) is 0.818. The van der Waals surface area contributed by atoms with Gasteiger partial charge in [-0.3, -0.25) is 4.90 Å². The summed E-state index contributed by atoms with van der Waals surface area (Å²) in [6.45, 7) is 12.5. The maximum atomic E-state index is 5.74. The average molecular weight is 183 g/mol. The van der Waals surface area contributed by atoms with Crippen molar-refractivity contribution in [2.24, 2.45) is 0 Å². The van der Waals surface area contributed by atoms with E-state index in [0.29, 0.717) is 18.2 Å². The second kappa shape index (κ2) is 4.77. The van der Waals surface area contributed by atoms with Crippen LogP contribution in [0.1, 0.15) is 27.2 Å². The molecule has 0 bridgehead atoms. The van der Waals surface area contributed by atoms with Gasteiger partial charge in [0.2, 0.25) is 0 Å².